The Hall–Kier alpha value is -2.32. The number of rotatable bonds is 4. The number of hydrogen-bond donors (Lipinski definition) is 2. The Kier molecular flexibility index (Phi) is 5.06. The van der Waals surface area contributed by atoms with E-state index >= 15 is 0 Å². The van der Waals surface area contributed by atoms with Gasteiger partial charge in [0.25, 0.3) is 5.91 Å². The predicted molar refractivity (Wildman–Crippen MR) is 93.8 cm³/mol. The number of carbonyl (C=O) groups excluding carboxylic acids is 1. The van der Waals surface area contributed by atoms with E-state index in [0.717, 1.165) is 10.6 Å². The second-order valence-corrected chi connectivity index (χ2v) is 7.54. The van der Waals surface area contributed by atoms with Gasteiger partial charge in [-0.3, -0.25) is 4.79 Å². The van der Waals surface area contributed by atoms with E-state index < -0.39 is 11.6 Å². The number of nitrogens with zero attached hydrogens (tertiary/aromatic N) is 2. The van der Waals surface area contributed by atoms with E-state index in [4.69, 9.17) is 5.11 Å². The van der Waals surface area contributed by atoms with Gasteiger partial charge in [0.1, 0.15) is 10.7 Å². The molecule has 1 fully saturated rings. The second kappa shape index (κ2) is 7.13. The van der Waals surface area contributed by atoms with Crippen LogP contribution in [0.15, 0.2) is 24.3 Å². The molecule has 0 unspecified atom stereocenters. The molecule has 2 N–H and O–H groups in total. The van der Waals surface area contributed by atoms with E-state index in [0.29, 0.717) is 17.0 Å². The topological polar surface area (TPSA) is 90.7 Å². The first-order valence-corrected chi connectivity index (χ1v) is 9.06. The number of aliphatic carboxylic acids is 1. The van der Waals surface area contributed by atoms with Crippen molar-refractivity contribution < 1.29 is 24.2 Å². The maximum absolute atomic E-state index is 13.0. The highest BCUT2D eigenvalue weighted by atomic mass is 32.1. The van der Waals surface area contributed by atoms with Gasteiger partial charge in [-0.1, -0.05) is 12.1 Å². The van der Waals surface area contributed by atoms with E-state index in [2.05, 4.69) is 4.98 Å². The van der Waals surface area contributed by atoms with E-state index in [1.54, 1.807) is 24.0 Å². The van der Waals surface area contributed by atoms with Crippen molar-refractivity contribution in [2.75, 3.05) is 13.1 Å². The van der Waals surface area contributed by atoms with Gasteiger partial charge in [0.2, 0.25) is 0 Å². The molecule has 0 aliphatic carbocycles. The van der Waals surface area contributed by atoms with Gasteiger partial charge in [0, 0.05) is 32.4 Å². The average Bonchev–Trinajstić information content (AvgIpc) is 2.97. The highest BCUT2D eigenvalue weighted by molar-refractivity contribution is 7.13. The third kappa shape index (κ3) is 3.76. The Bertz CT molecular complexity index is 826. The number of aromatic nitrogens is 1. The fraction of sp³-hybridized carbons (Fsp3) is 0.389. The van der Waals surface area contributed by atoms with Crippen LogP contribution in [0.4, 0.5) is 4.39 Å². The molecule has 1 aromatic heterocycles. The summed E-state index contributed by atoms with van der Waals surface area (Å²) in [5.41, 5.74) is -0.229. The highest BCUT2D eigenvalue weighted by Crippen LogP contribution is 2.27. The van der Waals surface area contributed by atoms with Gasteiger partial charge < -0.3 is 15.1 Å². The summed E-state index contributed by atoms with van der Waals surface area (Å²) in [6.45, 7) is 2.13. The van der Waals surface area contributed by atoms with Crippen molar-refractivity contribution in [3.63, 3.8) is 0 Å². The molecule has 0 bridgehead atoms. The number of amides is 1. The first-order valence-electron chi connectivity index (χ1n) is 8.24. The maximum Gasteiger partial charge on any atom is 0.335 e. The molecule has 26 heavy (non-hydrogen) atoms. The molecule has 138 valence electrons. The number of aliphatic hydroxyl groups is 1. The third-order valence-corrected chi connectivity index (χ3v) is 5.73. The molecule has 1 amide bonds. The van der Waals surface area contributed by atoms with Crippen LogP contribution in [0.25, 0.3) is 0 Å². The molecule has 0 spiro atoms. The quantitative estimate of drug-likeness (QED) is 0.851. The van der Waals surface area contributed by atoms with Crippen LogP contribution in [-0.2, 0) is 11.2 Å². The highest BCUT2D eigenvalue weighted by Gasteiger charge is 2.40. The molecule has 1 aliphatic heterocycles. The fourth-order valence-corrected chi connectivity index (χ4v) is 4.01. The molecule has 0 saturated carbocycles. The molecule has 6 nitrogen and oxygen atoms in total. The Labute approximate surface area is 153 Å². The van der Waals surface area contributed by atoms with Gasteiger partial charge in [-0.15, -0.1) is 11.3 Å². The Morgan fingerprint density at radius 2 is 1.88 bits per heavy atom. The number of benzene rings is 1. The van der Waals surface area contributed by atoms with Crippen LogP contribution in [-0.4, -0.2) is 50.7 Å². The molecule has 1 aromatic carbocycles. The molecule has 2 heterocycles. The van der Waals surface area contributed by atoms with Crippen molar-refractivity contribution in [1.82, 2.24) is 9.88 Å². The van der Waals surface area contributed by atoms with Crippen molar-refractivity contribution >= 4 is 23.2 Å². The fourth-order valence-electron chi connectivity index (χ4n) is 2.94. The van der Waals surface area contributed by atoms with E-state index in [-0.39, 0.29) is 37.7 Å². The molecule has 3 rings (SSSR count). The van der Waals surface area contributed by atoms with Crippen LogP contribution < -0.4 is 0 Å². The van der Waals surface area contributed by atoms with Crippen molar-refractivity contribution in [3.05, 3.63) is 51.2 Å². The van der Waals surface area contributed by atoms with Crippen LogP contribution in [0.2, 0.25) is 0 Å². The van der Waals surface area contributed by atoms with Crippen molar-refractivity contribution in [2.24, 2.45) is 0 Å². The first-order chi connectivity index (χ1) is 12.3. The largest absolute Gasteiger partial charge is 0.479 e. The van der Waals surface area contributed by atoms with Crippen LogP contribution in [0.1, 0.15) is 38.8 Å². The Morgan fingerprint density at radius 3 is 2.46 bits per heavy atom. The minimum Gasteiger partial charge on any atom is -0.479 e. The number of carboxylic acid groups (broad SMARTS) is 1. The number of carboxylic acids is 1. The monoisotopic (exact) mass is 378 g/mol. The zero-order chi connectivity index (χ0) is 18.9. The van der Waals surface area contributed by atoms with Crippen LogP contribution in [0.3, 0.4) is 0 Å². The van der Waals surface area contributed by atoms with Gasteiger partial charge >= 0.3 is 5.97 Å². The number of hydrogen-bond acceptors (Lipinski definition) is 5. The molecule has 1 saturated heterocycles. The number of thiazole rings is 1. The van der Waals surface area contributed by atoms with Gasteiger partial charge in [-0.05, 0) is 24.6 Å². The molecule has 1 aliphatic rings. The van der Waals surface area contributed by atoms with Crippen LogP contribution >= 0.6 is 11.3 Å². The maximum atomic E-state index is 13.0. The van der Waals surface area contributed by atoms with Crippen molar-refractivity contribution in [1.29, 1.82) is 0 Å². The Morgan fingerprint density at radius 1 is 1.27 bits per heavy atom. The summed E-state index contributed by atoms with van der Waals surface area (Å²) < 4.78 is 13.0. The lowest BCUT2D eigenvalue weighted by Gasteiger charge is -2.35. The molecular formula is C18H19FN2O4S. The average molecular weight is 378 g/mol. The standard InChI is InChI=1S/C18H19FN2O4S/c1-11-15(16(22)21-8-6-18(25,7-9-21)17(23)24)26-14(20-11)10-12-2-4-13(19)5-3-12/h2-5,25H,6-10H2,1H3,(H,23,24). The lowest BCUT2D eigenvalue weighted by Crippen LogP contribution is -2.50. The zero-order valence-corrected chi connectivity index (χ0v) is 15.1. The van der Waals surface area contributed by atoms with Gasteiger partial charge in [-0.25, -0.2) is 14.2 Å². The summed E-state index contributed by atoms with van der Waals surface area (Å²) in [5.74, 6) is -1.75. The summed E-state index contributed by atoms with van der Waals surface area (Å²) in [7, 11) is 0. The van der Waals surface area contributed by atoms with Gasteiger partial charge in [0.05, 0.1) is 10.7 Å². The van der Waals surface area contributed by atoms with E-state index in [1.807, 2.05) is 0 Å². The first kappa shape index (κ1) is 18.5. The lowest BCUT2D eigenvalue weighted by atomic mass is 9.91. The molecule has 2 aromatic rings. The zero-order valence-electron chi connectivity index (χ0n) is 14.2. The second-order valence-electron chi connectivity index (χ2n) is 6.45. The summed E-state index contributed by atoms with van der Waals surface area (Å²) in [6.07, 6.45) is 0.528. The number of halogens is 1. The molecule has 0 atom stereocenters. The molecular weight excluding hydrogens is 359 g/mol. The minimum absolute atomic E-state index is 0.00829. The van der Waals surface area contributed by atoms with E-state index in [9.17, 15) is 19.1 Å². The number of likely N-dealkylation sites (tertiary alicyclic amines) is 1. The van der Waals surface area contributed by atoms with Crippen LogP contribution in [0.5, 0.6) is 0 Å². The SMILES string of the molecule is Cc1nc(Cc2ccc(F)cc2)sc1C(=O)N1CCC(O)(C(=O)O)CC1. The van der Waals surface area contributed by atoms with Crippen molar-refractivity contribution in [3.8, 4) is 0 Å². The van der Waals surface area contributed by atoms with Crippen molar-refractivity contribution in [2.45, 2.75) is 31.8 Å². The number of carbonyl (C=O) groups is 2. The van der Waals surface area contributed by atoms with Crippen LogP contribution in [0, 0.1) is 12.7 Å². The third-order valence-electron chi connectivity index (χ3n) is 4.58. The summed E-state index contributed by atoms with van der Waals surface area (Å²) in [5, 5.41) is 19.8. The number of piperidine rings is 1. The minimum atomic E-state index is -1.76. The molecule has 0 radical (unpaired) electrons. The molecule has 8 heteroatoms. The predicted octanol–water partition coefficient (Wildman–Crippen LogP) is 2.23. The van der Waals surface area contributed by atoms with Gasteiger partial charge in [0.15, 0.2) is 5.60 Å². The van der Waals surface area contributed by atoms with Gasteiger partial charge in [-0.2, -0.15) is 0 Å². The summed E-state index contributed by atoms with van der Waals surface area (Å²) >= 11 is 1.29. The normalized spacial score (nSPS) is 16.5. The Balaban J connectivity index is 1.70. The lowest BCUT2D eigenvalue weighted by molar-refractivity contribution is -0.162. The summed E-state index contributed by atoms with van der Waals surface area (Å²) in [6, 6.07) is 6.15. The van der Waals surface area contributed by atoms with E-state index in [1.165, 1.54) is 23.5 Å². The number of aryl methyl sites for hydroxylation is 1. The summed E-state index contributed by atoms with van der Waals surface area (Å²) in [4.78, 5) is 30.3. The smallest absolute Gasteiger partial charge is 0.335 e.